The number of anilines is 5. The molecule has 1 saturated heterocycles. The third-order valence-electron chi connectivity index (χ3n) is 12.9. The number of thiazole rings is 1. The Hall–Kier alpha value is -5.94. The van der Waals surface area contributed by atoms with Crippen LogP contribution < -0.4 is 31.7 Å². The van der Waals surface area contributed by atoms with Gasteiger partial charge in [-0.1, -0.05) is 19.8 Å². The lowest BCUT2D eigenvalue weighted by molar-refractivity contribution is -0.122. The van der Waals surface area contributed by atoms with Gasteiger partial charge in [0.05, 0.1) is 95.8 Å². The van der Waals surface area contributed by atoms with Crippen molar-refractivity contribution in [3.63, 3.8) is 0 Å². The number of nitrogens with zero attached hydrogens (tertiary/aromatic N) is 7. The zero-order chi connectivity index (χ0) is 51.5. The standard InChI is InChI=1S/C52H71N11O9S/c1-6-44-38(5)73-52(57-44)60-49(66)42-13-11-39(31-35(42)2)53-15-21-68-23-25-70-27-29-72-30-28-71-26-24-69-22-16-54-46(65)34-61-17-19-62(20-18-61)41-12-14-45(55-32-41)58-51-56-33-43-36(3)47(37(4)64)50(67)63(48(43)59-51)40-9-7-8-10-40/h11-14,31-33,40,53H,6-10,15-30,34H2,1-5H3,(H,54,65)(H,57,60,66)(H,55,56,58,59). The van der Waals surface area contributed by atoms with Crippen molar-refractivity contribution in [1.29, 1.82) is 0 Å². The molecule has 1 aromatic carbocycles. The molecule has 0 bridgehead atoms. The molecule has 0 radical (unpaired) electrons. The molecule has 0 unspecified atom stereocenters. The number of aryl methyl sites for hydroxylation is 4. The molecule has 2 aliphatic rings. The minimum atomic E-state index is -0.283. The predicted molar refractivity (Wildman–Crippen MR) is 283 cm³/mol. The van der Waals surface area contributed by atoms with Gasteiger partial charge in [-0.3, -0.25) is 34.0 Å². The van der Waals surface area contributed by atoms with Crippen LogP contribution in [0.2, 0.25) is 0 Å². The molecule has 73 heavy (non-hydrogen) atoms. The molecular formula is C52H71N11O9S. The second-order valence-electron chi connectivity index (χ2n) is 18.1. The lowest BCUT2D eigenvalue weighted by atomic mass is 10.0. The first-order valence-corrected chi connectivity index (χ1v) is 26.2. The third-order valence-corrected chi connectivity index (χ3v) is 13.8. The molecule has 21 heteroatoms. The Morgan fingerprint density at radius 2 is 1.44 bits per heavy atom. The Labute approximate surface area is 430 Å². The molecule has 20 nitrogen and oxygen atoms in total. The quantitative estimate of drug-likeness (QED) is 0.0324. The largest absolute Gasteiger partial charge is 0.383 e. The first-order chi connectivity index (χ1) is 35.5. The van der Waals surface area contributed by atoms with Crippen molar-refractivity contribution in [2.45, 2.75) is 72.8 Å². The molecule has 4 N–H and O–H groups in total. The first-order valence-electron chi connectivity index (χ1n) is 25.4. The number of carbonyl (C=O) groups excluding carboxylic acids is 3. The van der Waals surface area contributed by atoms with Crippen molar-refractivity contribution in [3.05, 3.63) is 85.9 Å². The minimum Gasteiger partial charge on any atom is -0.383 e. The number of nitrogens with one attached hydrogen (secondary N) is 4. The van der Waals surface area contributed by atoms with Gasteiger partial charge in [0.2, 0.25) is 11.9 Å². The maximum absolute atomic E-state index is 13.6. The molecule has 2 fully saturated rings. The van der Waals surface area contributed by atoms with Crippen LogP contribution in [0.3, 0.4) is 0 Å². The minimum absolute atomic E-state index is 0.000533. The number of ketones is 1. The van der Waals surface area contributed by atoms with Crippen LogP contribution in [0.4, 0.5) is 28.3 Å². The summed E-state index contributed by atoms with van der Waals surface area (Å²) < 4.78 is 29.7. The molecule has 0 spiro atoms. The van der Waals surface area contributed by atoms with Gasteiger partial charge in [-0.15, -0.1) is 11.3 Å². The van der Waals surface area contributed by atoms with E-state index in [9.17, 15) is 19.2 Å². The molecular weight excluding hydrogens is 955 g/mol. The number of carbonyl (C=O) groups is 3. The summed E-state index contributed by atoms with van der Waals surface area (Å²) in [7, 11) is 0. The Balaban J connectivity index is 0.658. The van der Waals surface area contributed by atoms with E-state index in [2.05, 4.69) is 52.9 Å². The Morgan fingerprint density at radius 1 is 0.781 bits per heavy atom. The number of aromatic nitrogens is 5. The zero-order valence-corrected chi connectivity index (χ0v) is 43.7. The fourth-order valence-corrected chi connectivity index (χ4v) is 9.91. The molecule has 1 aliphatic carbocycles. The van der Waals surface area contributed by atoms with Crippen molar-refractivity contribution < 1.29 is 38.1 Å². The van der Waals surface area contributed by atoms with E-state index >= 15 is 0 Å². The monoisotopic (exact) mass is 1030 g/mol. The maximum atomic E-state index is 13.6. The normalized spacial score (nSPS) is 14.2. The highest BCUT2D eigenvalue weighted by atomic mass is 32.1. The lowest BCUT2D eigenvalue weighted by Gasteiger charge is -2.35. The summed E-state index contributed by atoms with van der Waals surface area (Å²) in [4.78, 5) is 75.4. The van der Waals surface area contributed by atoms with E-state index in [0.717, 1.165) is 85.8 Å². The Bertz CT molecular complexity index is 2670. The van der Waals surface area contributed by atoms with E-state index in [1.54, 1.807) is 17.7 Å². The van der Waals surface area contributed by atoms with Gasteiger partial charge in [-0.2, -0.15) is 4.98 Å². The second-order valence-corrected chi connectivity index (χ2v) is 19.3. The summed E-state index contributed by atoms with van der Waals surface area (Å²) in [5, 5.41) is 13.7. The number of piperazine rings is 1. The molecule has 7 rings (SSSR count). The number of hydrogen-bond donors (Lipinski definition) is 4. The number of pyridine rings is 2. The molecule has 1 saturated carbocycles. The van der Waals surface area contributed by atoms with Gasteiger partial charge in [0.25, 0.3) is 11.5 Å². The van der Waals surface area contributed by atoms with Crippen LogP contribution in [-0.4, -0.2) is 159 Å². The molecule has 4 aromatic heterocycles. The molecule has 0 atom stereocenters. The fourth-order valence-electron chi connectivity index (χ4n) is 9.01. The number of fused-ring (bicyclic) bond motifs is 1. The molecule has 1 aliphatic heterocycles. The molecule has 5 aromatic rings. The molecule has 394 valence electrons. The van der Waals surface area contributed by atoms with Crippen LogP contribution in [0.5, 0.6) is 0 Å². The van der Waals surface area contributed by atoms with Crippen LogP contribution >= 0.6 is 11.3 Å². The highest BCUT2D eigenvalue weighted by Gasteiger charge is 2.26. The van der Waals surface area contributed by atoms with Gasteiger partial charge < -0.3 is 44.5 Å². The van der Waals surface area contributed by atoms with Gasteiger partial charge in [0.15, 0.2) is 10.9 Å². The number of amides is 2. The van der Waals surface area contributed by atoms with Crippen molar-refractivity contribution in [3.8, 4) is 0 Å². The number of ether oxygens (including phenoxy) is 5. The predicted octanol–water partition coefficient (Wildman–Crippen LogP) is 5.88. The van der Waals surface area contributed by atoms with E-state index in [0.29, 0.717) is 125 Å². The highest BCUT2D eigenvalue weighted by Crippen LogP contribution is 2.32. The summed E-state index contributed by atoms with van der Waals surface area (Å²) >= 11 is 1.49. The van der Waals surface area contributed by atoms with E-state index in [-0.39, 0.29) is 34.8 Å². The molecule has 5 heterocycles. The lowest BCUT2D eigenvalue weighted by Crippen LogP contribution is -2.49. The summed E-state index contributed by atoms with van der Waals surface area (Å²) in [6.07, 6.45) is 8.14. The summed E-state index contributed by atoms with van der Waals surface area (Å²) in [5.41, 5.74) is 5.46. The van der Waals surface area contributed by atoms with Gasteiger partial charge in [0.1, 0.15) is 11.5 Å². The van der Waals surface area contributed by atoms with Gasteiger partial charge in [0, 0.05) is 73.0 Å². The third kappa shape index (κ3) is 15.8. The summed E-state index contributed by atoms with van der Waals surface area (Å²) in [5.74, 6) is 0.444. The van der Waals surface area contributed by atoms with Crippen LogP contribution in [-0.2, 0) is 34.9 Å². The highest BCUT2D eigenvalue weighted by molar-refractivity contribution is 7.15. The van der Waals surface area contributed by atoms with Crippen molar-refractivity contribution in [1.82, 2.24) is 34.7 Å². The average Bonchev–Trinajstić information content (AvgIpc) is 4.04. The Kier molecular flexibility index (Phi) is 21.0. The zero-order valence-electron chi connectivity index (χ0n) is 42.9. The van der Waals surface area contributed by atoms with Gasteiger partial charge in [-0.25, -0.2) is 15.0 Å². The van der Waals surface area contributed by atoms with Crippen LogP contribution in [0.25, 0.3) is 11.0 Å². The number of hydrogen-bond acceptors (Lipinski definition) is 18. The van der Waals surface area contributed by atoms with Crippen molar-refractivity contribution >= 4 is 68.2 Å². The average molecular weight is 1030 g/mol. The van der Waals surface area contributed by atoms with Crippen molar-refractivity contribution in [2.24, 2.45) is 0 Å². The topological polar surface area (TPSA) is 226 Å². The SMILES string of the molecule is CCc1nc(NC(=O)c2ccc(NCCOCCOCCOCCOCCOCCNC(=O)CN3CCN(c4ccc(Nc5ncc6c(C)c(C(C)=O)c(=O)n(C7CCCC7)c6n5)nc4)CC3)cc2C)sc1C. The van der Waals surface area contributed by atoms with E-state index in [1.165, 1.54) is 18.3 Å². The second kappa shape index (κ2) is 27.9. The Morgan fingerprint density at radius 3 is 2.04 bits per heavy atom. The maximum Gasteiger partial charge on any atom is 0.263 e. The number of Topliss-reactive ketones (excluding diaryl/α,β-unsaturated/α-hetero) is 1. The van der Waals surface area contributed by atoms with Crippen LogP contribution in [0.15, 0.2) is 47.5 Å². The van der Waals surface area contributed by atoms with Gasteiger partial charge >= 0.3 is 0 Å². The van der Waals surface area contributed by atoms with Gasteiger partial charge in [-0.05, 0) is 88.4 Å². The number of rotatable bonds is 29. The number of benzene rings is 1. The van der Waals surface area contributed by atoms with Crippen LogP contribution in [0, 0.1) is 20.8 Å². The van der Waals surface area contributed by atoms with Crippen molar-refractivity contribution in [2.75, 3.05) is 133 Å². The fraction of sp³-hybridized carbons (Fsp3) is 0.538. The molecule has 2 amide bonds. The first kappa shape index (κ1) is 54.8. The van der Waals surface area contributed by atoms with E-state index in [4.69, 9.17) is 28.7 Å². The summed E-state index contributed by atoms with van der Waals surface area (Å²) in [6, 6.07) is 9.54. The van der Waals surface area contributed by atoms with E-state index in [1.807, 2.05) is 50.4 Å². The summed E-state index contributed by atoms with van der Waals surface area (Å²) in [6.45, 7) is 18.1. The smallest absolute Gasteiger partial charge is 0.263 e. The van der Waals surface area contributed by atoms with E-state index < -0.39 is 0 Å². The van der Waals surface area contributed by atoms with Crippen LogP contribution in [0.1, 0.15) is 88.0 Å².